The largest absolute Gasteiger partial charge is 0.496 e. The maximum Gasteiger partial charge on any atom is 0.342 e. The molecule has 0 amide bonds. The standard InChI is InChI=1S/C17H14ClFO4/c1-10(16(20)11-3-6-13(19)7-4-11)23-17(21)14-9-12(18)5-8-15(14)22-2/h3-10H,1-2H3/t10-/m0/s1. The van der Waals surface area contributed by atoms with Crippen molar-refractivity contribution in [2.24, 2.45) is 0 Å². The lowest BCUT2D eigenvalue weighted by Gasteiger charge is -2.14. The first-order chi connectivity index (χ1) is 10.9. The van der Waals surface area contributed by atoms with Crippen molar-refractivity contribution < 1.29 is 23.5 Å². The molecule has 0 spiro atoms. The SMILES string of the molecule is COc1ccc(Cl)cc1C(=O)O[C@@H](C)C(=O)c1ccc(F)cc1. The highest BCUT2D eigenvalue weighted by molar-refractivity contribution is 6.31. The van der Waals surface area contributed by atoms with Gasteiger partial charge in [-0.1, -0.05) is 11.6 Å². The van der Waals surface area contributed by atoms with Crippen LogP contribution in [-0.4, -0.2) is 25.0 Å². The molecule has 0 saturated heterocycles. The van der Waals surface area contributed by atoms with Crippen LogP contribution in [0.2, 0.25) is 5.02 Å². The van der Waals surface area contributed by atoms with E-state index in [0.29, 0.717) is 10.8 Å². The van der Waals surface area contributed by atoms with Gasteiger partial charge in [-0.3, -0.25) is 4.79 Å². The van der Waals surface area contributed by atoms with E-state index in [9.17, 15) is 14.0 Å². The predicted molar refractivity (Wildman–Crippen MR) is 83.6 cm³/mol. The monoisotopic (exact) mass is 336 g/mol. The smallest absolute Gasteiger partial charge is 0.342 e. The number of Topliss-reactive ketones (excluding diaryl/α,β-unsaturated/α-hetero) is 1. The van der Waals surface area contributed by atoms with Gasteiger partial charge in [-0.2, -0.15) is 0 Å². The van der Waals surface area contributed by atoms with E-state index in [0.717, 1.165) is 0 Å². The van der Waals surface area contributed by atoms with Gasteiger partial charge >= 0.3 is 5.97 Å². The van der Waals surface area contributed by atoms with Crippen molar-refractivity contribution in [2.45, 2.75) is 13.0 Å². The fourth-order valence-electron chi connectivity index (χ4n) is 1.97. The second-order valence-corrected chi connectivity index (χ2v) is 5.20. The number of methoxy groups -OCH3 is 1. The Labute approximate surface area is 137 Å². The minimum Gasteiger partial charge on any atom is -0.496 e. The zero-order valence-electron chi connectivity index (χ0n) is 12.5. The van der Waals surface area contributed by atoms with Gasteiger partial charge in [0.2, 0.25) is 5.78 Å². The molecule has 6 heteroatoms. The predicted octanol–water partition coefficient (Wildman–Crippen LogP) is 3.92. The van der Waals surface area contributed by atoms with E-state index in [1.165, 1.54) is 50.4 Å². The molecule has 2 rings (SSSR count). The van der Waals surface area contributed by atoms with Crippen LogP contribution in [-0.2, 0) is 4.74 Å². The van der Waals surface area contributed by atoms with E-state index in [1.54, 1.807) is 6.07 Å². The number of ether oxygens (including phenoxy) is 2. The third-order valence-corrected chi connectivity index (χ3v) is 3.40. The van der Waals surface area contributed by atoms with Crippen LogP contribution in [0.3, 0.4) is 0 Å². The van der Waals surface area contributed by atoms with Gasteiger partial charge in [0.1, 0.15) is 17.1 Å². The van der Waals surface area contributed by atoms with Crippen LogP contribution in [0.15, 0.2) is 42.5 Å². The first-order valence-electron chi connectivity index (χ1n) is 6.76. The third-order valence-electron chi connectivity index (χ3n) is 3.16. The Balaban J connectivity index is 2.15. The van der Waals surface area contributed by atoms with Crippen molar-refractivity contribution in [3.63, 3.8) is 0 Å². The summed E-state index contributed by atoms with van der Waals surface area (Å²) >= 11 is 5.86. The summed E-state index contributed by atoms with van der Waals surface area (Å²) in [6.07, 6.45) is -1.03. The molecule has 0 aliphatic carbocycles. The number of halogens is 2. The fraction of sp³-hybridized carbons (Fsp3) is 0.176. The van der Waals surface area contributed by atoms with E-state index < -0.39 is 23.7 Å². The van der Waals surface area contributed by atoms with Crippen LogP contribution < -0.4 is 4.74 Å². The molecule has 2 aromatic carbocycles. The van der Waals surface area contributed by atoms with Gasteiger partial charge in [0.15, 0.2) is 6.10 Å². The molecule has 4 nitrogen and oxygen atoms in total. The lowest BCUT2D eigenvalue weighted by atomic mass is 10.1. The molecular formula is C17H14ClFO4. The summed E-state index contributed by atoms with van der Waals surface area (Å²) in [4.78, 5) is 24.4. The first-order valence-corrected chi connectivity index (χ1v) is 7.14. The highest BCUT2D eigenvalue weighted by atomic mass is 35.5. The number of carbonyl (C=O) groups is 2. The van der Waals surface area contributed by atoms with E-state index in [-0.39, 0.29) is 11.1 Å². The molecule has 0 saturated carbocycles. The van der Waals surface area contributed by atoms with Gasteiger partial charge < -0.3 is 9.47 Å². The molecule has 0 aliphatic heterocycles. The van der Waals surface area contributed by atoms with Crippen molar-refractivity contribution in [3.8, 4) is 5.75 Å². The molecule has 0 heterocycles. The van der Waals surface area contributed by atoms with Crippen LogP contribution in [0.5, 0.6) is 5.75 Å². The summed E-state index contributed by atoms with van der Waals surface area (Å²) in [6.45, 7) is 1.45. The molecule has 0 unspecified atom stereocenters. The normalized spacial score (nSPS) is 11.7. The van der Waals surface area contributed by atoms with Crippen LogP contribution in [0.4, 0.5) is 4.39 Å². The minimum absolute atomic E-state index is 0.124. The van der Waals surface area contributed by atoms with Crippen LogP contribution in [0, 0.1) is 5.82 Å². The molecular weight excluding hydrogens is 323 g/mol. The highest BCUT2D eigenvalue weighted by Gasteiger charge is 2.22. The molecule has 2 aromatic rings. The number of rotatable bonds is 5. The summed E-state index contributed by atoms with van der Waals surface area (Å²) < 4.78 is 23.1. The maximum atomic E-state index is 12.9. The van der Waals surface area contributed by atoms with Crippen molar-refractivity contribution in [3.05, 3.63) is 64.4 Å². The molecule has 120 valence electrons. The fourth-order valence-corrected chi connectivity index (χ4v) is 2.14. The number of ketones is 1. The second kappa shape index (κ2) is 7.24. The van der Waals surface area contributed by atoms with Gasteiger partial charge in [-0.25, -0.2) is 9.18 Å². The average molecular weight is 337 g/mol. The Morgan fingerprint density at radius 2 is 1.78 bits per heavy atom. The number of hydrogen-bond acceptors (Lipinski definition) is 4. The zero-order chi connectivity index (χ0) is 17.0. The summed E-state index contributed by atoms with van der Waals surface area (Å²) in [5.74, 6) is -1.32. The summed E-state index contributed by atoms with van der Waals surface area (Å²) in [7, 11) is 1.41. The average Bonchev–Trinajstić information content (AvgIpc) is 2.54. The van der Waals surface area contributed by atoms with E-state index in [1.807, 2.05) is 0 Å². The lowest BCUT2D eigenvalue weighted by Crippen LogP contribution is -2.24. The van der Waals surface area contributed by atoms with Crippen molar-refractivity contribution >= 4 is 23.4 Å². The number of esters is 1. The highest BCUT2D eigenvalue weighted by Crippen LogP contribution is 2.24. The summed E-state index contributed by atoms with van der Waals surface area (Å²) in [5.41, 5.74) is 0.378. The molecule has 0 fully saturated rings. The topological polar surface area (TPSA) is 52.6 Å². The lowest BCUT2D eigenvalue weighted by molar-refractivity contribution is 0.0316. The number of carbonyl (C=O) groups excluding carboxylic acids is 2. The number of benzene rings is 2. The molecule has 1 atom stereocenters. The summed E-state index contributed by atoms with van der Waals surface area (Å²) in [5, 5.41) is 0.343. The van der Waals surface area contributed by atoms with Gasteiger partial charge in [0.25, 0.3) is 0 Å². The third kappa shape index (κ3) is 4.07. The van der Waals surface area contributed by atoms with Gasteiger partial charge in [-0.15, -0.1) is 0 Å². The molecule has 0 bridgehead atoms. The molecule has 0 aliphatic rings. The van der Waals surface area contributed by atoms with Gasteiger partial charge in [-0.05, 0) is 49.4 Å². The summed E-state index contributed by atoms with van der Waals surface area (Å²) in [6, 6.07) is 9.51. The van der Waals surface area contributed by atoms with Crippen LogP contribution >= 0.6 is 11.6 Å². The van der Waals surface area contributed by atoms with Crippen molar-refractivity contribution in [1.29, 1.82) is 0 Å². The Hall–Kier alpha value is -2.40. The van der Waals surface area contributed by atoms with Gasteiger partial charge in [0, 0.05) is 10.6 Å². The van der Waals surface area contributed by atoms with E-state index in [4.69, 9.17) is 21.1 Å². The van der Waals surface area contributed by atoms with Crippen LogP contribution in [0.1, 0.15) is 27.6 Å². The maximum absolute atomic E-state index is 12.9. The molecule has 0 aromatic heterocycles. The zero-order valence-corrected chi connectivity index (χ0v) is 13.3. The Morgan fingerprint density at radius 1 is 1.13 bits per heavy atom. The minimum atomic E-state index is -1.03. The second-order valence-electron chi connectivity index (χ2n) is 4.76. The molecule has 0 radical (unpaired) electrons. The Kier molecular flexibility index (Phi) is 5.34. The quantitative estimate of drug-likeness (QED) is 0.613. The Bertz CT molecular complexity index is 728. The molecule has 23 heavy (non-hydrogen) atoms. The first kappa shape index (κ1) is 17.0. The van der Waals surface area contributed by atoms with E-state index in [2.05, 4.69) is 0 Å². The Morgan fingerprint density at radius 3 is 2.39 bits per heavy atom. The van der Waals surface area contributed by atoms with Crippen molar-refractivity contribution in [1.82, 2.24) is 0 Å². The van der Waals surface area contributed by atoms with Gasteiger partial charge in [0.05, 0.1) is 7.11 Å². The van der Waals surface area contributed by atoms with E-state index >= 15 is 0 Å². The van der Waals surface area contributed by atoms with Crippen LogP contribution in [0.25, 0.3) is 0 Å². The van der Waals surface area contributed by atoms with Crippen molar-refractivity contribution in [2.75, 3.05) is 7.11 Å². The number of hydrogen-bond donors (Lipinski definition) is 0. The molecule has 0 N–H and O–H groups in total.